The Balaban J connectivity index is 0.000000338. The minimum atomic E-state index is -4.94. The van der Waals surface area contributed by atoms with E-state index < -0.39 is 10.2 Å². The third-order valence-corrected chi connectivity index (χ3v) is 3.12. The molecule has 5 nitrogen and oxygen atoms in total. The number of hydrogen-bond donors (Lipinski definition) is 0. The van der Waals surface area contributed by atoms with Gasteiger partial charge in [0.1, 0.15) is 0 Å². The van der Waals surface area contributed by atoms with Gasteiger partial charge in [0.05, 0.1) is 12.5 Å². The van der Waals surface area contributed by atoms with Crippen LogP contribution in [0.5, 0.6) is 0 Å². The van der Waals surface area contributed by atoms with Crippen molar-refractivity contribution >= 4 is 0 Å². The second kappa shape index (κ2) is 7.04. The van der Waals surface area contributed by atoms with Gasteiger partial charge in [0.15, 0.2) is 0 Å². The van der Waals surface area contributed by atoms with E-state index in [9.17, 15) is 0 Å². The van der Waals surface area contributed by atoms with Crippen molar-refractivity contribution in [3.05, 3.63) is 65.9 Å². The summed E-state index contributed by atoms with van der Waals surface area (Å²) in [6.07, 6.45) is 0. The van der Waals surface area contributed by atoms with Crippen LogP contribution in [0.25, 0.3) is 22.5 Å². The van der Waals surface area contributed by atoms with E-state index >= 15 is 0 Å². The molecule has 0 aliphatic heterocycles. The van der Waals surface area contributed by atoms with Crippen LogP contribution < -0.4 is 18.6 Å². The summed E-state index contributed by atoms with van der Waals surface area (Å²) >= 11 is 0. The minimum Gasteiger partial charge on any atom is -0.222 e. The van der Waals surface area contributed by atoms with E-state index in [4.69, 9.17) is 23.1 Å². The lowest BCUT2D eigenvalue weighted by molar-refractivity contribution is -2.00. The van der Waals surface area contributed by atoms with Crippen LogP contribution >= 0.6 is 0 Å². The van der Waals surface area contributed by atoms with Crippen LogP contribution in [-0.2, 0) is 0 Å². The molecule has 0 radical (unpaired) electrons. The van der Waals surface area contributed by atoms with Gasteiger partial charge < -0.3 is 0 Å². The lowest BCUT2D eigenvalue weighted by atomic mass is 10.1. The molecule has 2 aliphatic carbocycles. The van der Waals surface area contributed by atoms with Gasteiger partial charge in [0.25, 0.3) is 0 Å². The SMILES string of the molecule is Cc1cc(C)[o+]c(-c2ccc3cccccc2-3)c1.[O-][Cl+3]([O-])([O-])[O-]. The van der Waals surface area contributed by atoms with Gasteiger partial charge in [-0.3, -0.25) is 0 Å². The molecule has 0 unspecified atom stereocenters. The van der Waals surface area contributed by atoms with E-state index in [-0.39, 0.29) is 0 Å². The molecule has 0 aromatic carbocycles. The number of hydrogen-bond acceptors (Lipinski definition) is 4. The highest BCUT2D eigenvalue weighted by Gasteiger charge is 2.19. The van der Waals surface area contributed by atoms with Gasteiger partial charge in [-0.25, -0.2) is 23.1 Å². The molecule has 23 heavy (non-hydrogen) atoms. The summed E-state index contributed by atoms with van der Waals surface area (Å²) in [7, 11) is -4.94. The van der Waals surface area contributed by atoms with Crippen molar-refractivity contribution in [1.29, 1.82) is 0 Å². The van der Waals surface area contributed by atoms with E-state index in [1.807, 2.05) is 13.0 Å². The molecule has 0 amide bonds. The maximum atomic E-state index is 8.49. The summed E-state index contributed by atoms with van der Waals surface area (Å²) in [5.74, 6) is 1.88. The fourth-order valence-corrected chi connectivity index (χ4v) is 2.36. The van der Waals surface area contributed by atoms with Crippen molar-refractivity contribution in [3.63, 3.8) is 0 Å². The van der Waals surface area contributed by atoms with E-state index in [2.05, 4.69) is 55.5 Å². The maximum absolute atomic E-state index is 8.49. The van der Waals surface area contributed by atoms with Gasteiger partial charge in [-0.1, -0.05) is 36.4 Å². The Morgan fingerprint density at radius 3 is 2.09 bits per heavy atom. The molecule has 0 bridgehead atoms. The van der Waals surface area contributed by atoms with Crippen LogP contribution in [0, 0.1) is 24.1 Å². The fourth-order valence-electron chi connectivity index (χ4n) is 2.36. The first-order valence-electron chi connectivity index (χ1n) is 6.75. The molecule has 0 saturated heterocycles. The Hall–Kier alpha value is -2.02. The van der Waals surface area contributed by atoms with Gasteiger partial charge in [0, 0.05) is 12.1 Å². The van der Waals surface area contributed by atoms with Crippen molar-refractivity contribution in [2.45, 2.75) is 13.8 Å². The number of halogens is 1. The van der Waals surface area contributed by atoms with Crippen LogP contribution in [0.3, 0.4) is 0 Å². The smallest absolute Gasteiger partial charge is 0.222 e. The van der Waals surface area contributed by atoms with Crippen molar-refractivity contribution in [3.8, 4) is 22.5 Å². The zero-order chi connectivity index (χ0) is 17.0. The molecule has 0 atom stereocenters. The topological polar surface area (TPSA) is 104 Å². The molecule has 0 spiro atoms. The second-order valence-corrected chi connectivity index (χ2v) is 5.77. The van der Waals surface area contributed by atoms with Gasteiger partial charge in [0.2, 0.25) is 0 Å². The first kappa shape index (κ1) is 17.3. The standard InChI is InChI=1S/C17H15O.ClHO4/c1-12-10-13(2)18-17(11-12)16-9-8-14-6-4-3-5-7-15(14)16;2-1(3,4)5/h3-11H,1-2H3;(H,2,3,4,5)/q+1;/p-1. The number of aryl methyl sites for hydroxylation is 2. The highest BCUT2D eigenvalue weighted by molar-refractivity contribution is 5.84. The molecule has 1 aromatic rings. The Kier molecular flexibility index (Phi) is 5.30. The lowest BCUT2D eigenvalue weighted by Crippen LogP contribution is -2.68. The van der Waals surface area contributed by atoms with Crippen LogP contribution in [0.4, 0.5) is 0 Å². The van der Waals surface area contributed by atoms with Gasteiger partial charge in [-0.05, 0) is 29.7 Å². The van der Waals surface area contributed by atoms with E-state index in [0.717, 1.165) is 17.1 Å². The lowest BCUT2D eigenvalue weighted by Gasteiger charge is -2.17. The average Bonchev–Trinajstić information content (AvgIpc) is 2.65. The molecular weight excluding hydrogens is 320 g/mol. The monoisotopic (exact) mass is 334 g/mol. The highest BCUT2D eigenvalue weighted by atomic mass is 35.7. The minimum absolute atomic E-state index is 0.939. The van der Waals surface area contributed by atoms with E-state index in [1.54, 1.807) is 0 Å². The van der Waals surface area contributed by atoms with Gasteiger partial charge >= 0.3 is 11.5 Å². The fraction of sp³-hybridized carbons (Fsp3) is 0.118. The van der Waals surface area contributed by atoms with Crippen LogP contribution in [0.2, 0.25) is 0 Å². The molecule has 6 heteroatoms. The summed E-state index contributed by atoms with van der Waals surface area (Å²) in [5.41, 5.74) is 4.86. The maximum Gasteiger partial charge on any atom is 0.361 e. The Morgan fingerprint density at radius 2 is 1.43 bits per heavy atom. The van der Waals surface area contributed by atoms with Crippen molar-refractivity contribution in [1.82, 2.24) is 0 Å². The molecule has 0 N–H and O–H groups in total. The van der Waals surface area contributed by atoms with Crippen molar-refractivity contribution < 1.29 is 33.3 Å². The normalized spacial score (nSPS) is 11.0. The summed E-state index contributed by atoms with van der Waals surface area (Å²) in [4.78, 5) is 0. The summed E-state index contributed by atoms with van der Waals surface area (Å²) in [5, 5.41) is 0. The van der Waals surface area contributed by atoms with E-state index in [1.165, 1.54) is 16.7 Å². The van der Waals surface area contributed by atoms with E-state index in [0.29, 0.717) is 0 Å². The zero-order valence-electron chi connectivity index (χ0n) is 12.6. The average molecular weight is 335 g/mol. The molecule has 3 rings (SSSR count). The largest absolute Gasteiger partial charge is 0.361 e. The zero-order valence-corrected chi connectivity index (χ0v) is 13.4. The molecule has 1 heterocycles. The third kappa shape index (κ3) is 5.28. The number of fused-ring (bicyclic) bond motifs is 1. The molecule has 120 valence electrons. The third-order valence-electron chi connectivity index (χ3n) is 3.12. The molecule has 0 fully saturated rings. The second-order valence-electron chi connectivity index (χ2n) is 5.01. The van der Waals surface area contributed by atoms with Gasteiger partial charge in [-0.2, -0.15) is 0 Å². The summed E-state index contributed by atoms with van der Waals surface area (Å²) in [6.45, 7) is 4.08. The molecule has 2 aliphatic rings. The first-order valence-corrected chi connectivity index (χ1v) is 7.99. The Morgan fingerprint density at radius 1 is 0.783 bits per heavy atom. The predicted molar refractivity (Wildman–Crippen MR) is 74.6 cm³/mol. The van der Waals surface area contributed by atoms with Crippen LogP contribution in [-0.4, -0.2) is 0 Å². The summed E-state index contributed by atoms with van der Waals surface area (Å²) in [6, 6.07) is 18.8. The first-order chi connectivity index (χ1) is 10.7. The molecule has 0 saturated carbocycles. The Bertz CT molecular complexity index is 741. The van der Waals surface area contributed by atoms with Gasteiger partial charge in [-0.15, -0.1) is 10.2 Å². The summed E-state index contributed by atoms with van der Waals surface area (Å²) < 4.78 is 39.8. The number of rotatable bonds is 1. The predicted octanol–water partition coefficient (Wildman–Crippen LogP) is 0.193. The van der Waals surface area contributed by atoms with Crippen molar-refractivity contribution in [2.75, 3.05) is 0 Å². The quantitative estimate of drug-likeness (QED) is 0.591. The van der Waals surface area contributed by atoms with Crippen LogP contribution in [0.1, 0.15) is 11.3 Å². The Labute approximate surface area is 136 Å². The van der Waals surface area contributed by atoms with Crippen molar-refractivity contribution in [2.24, 2.45) is 0 Å². The van der Waals surface area contributed by atoms with Crippen LogP contribution in [0.15, 0.2) is 59.0 Å². The highest BCUT2D eigenvalue weighted by Crippen LogP contribution is 2.35. The molecule has 1 aromatic heterocycles. The molecular formula is C17H15ClO5.